The first-order valence-electron chi connectivity index (χ1n) is 7.48. The lowest BCUT2D eigenvalue weighted by Gasteiger charge is -2.02. The van der Waals surface area contributed by atoms with Gasteiger partial charge in [0.05, 0.1) is 5.75 Å². The van der Waals surface area contributed by atoms with E-state index in [9.17, 15) is 4.39 Å². The number of hydrogen-bond acceptors (Lipinski definition) is 8. The van der Waals surface area contributed by atoms with Crippen molar-refractivity contribution in [3.63, 3.8) is 0 Å². The molecule has 3 aromatic rings. The molecule has 0 bridgehead atoms. The van der Waals surface area contributed by atoms with Gasteiger partial charge in [-0.05, 0) is 35.0 Å². The normalized spacial score (nSPS) is 10.9. The Morgan fingerprint density at radius 2 is 2.21 bits per heavy atom. The maximum Gasteiger partial charge on any atom is 0.210 e. The van der Waals surface area contributed by atoms with Gasteiger partial charge in [-0.3, -0.25) is 0 Å². The Balaban J connectivity index is 1.57. The summed E-state index contributed by atoms with van der Waals surface area (Å²) in [5.41, 5.74) is 0.645. The van der Waals surface area contributed by atoms with E-state index in [0.717, 1.165) is 29.6 Å². The summed E-state index contributed by atoms with van der Waals surface area (Å²) in [6, 6.07) is 6.23. The molecule has 0 fully saturated rings. The van der Waals surface area contributed by atoms with Crippen molar-refractivity contribution >= 4 is 33.9 Å². The SMILES string of the molecule is CCCCn1nnnc1CSc1nnc(Nc2cccc(F)c2)s1. The average Bonchev–Trinajstić information content (AvgIpc) is 3.20. The van der Waals surface area contributed by atoms with Crippen LogP contribution in [0.5, 0.6) is 0 Å². The summed E-state index contributed by atoms with van der Waals surface area (Å²) in [5.74, 6) is 1.16. The van der Waals surface area contributed by atoms with Gasteiger partial charge in [-0.15, -0.1) is 15.3 Å². The van der Waals surface area contributed by atoms with Crippen LogP contribution in [0.2, 0.25) is 0 Å². The number of halogens is 1. The zero-order valence-corrected chi connectivity index (χ0v) is 14.6. The van der Waals surface area contributed by atoms with Crippen LogP contribution in [-0.4, -0.2) is 30.4 Å². The van der Waals surface area contributed by atoms with Crippen molar-refractivity contribution in [2.45, 2.75) is 36.4 Å². The Bertz CT molecular complexity index is 789. The molecule has 126 valence electrons. The molecule has 0 radical (unpaired) electrons. The highest BCUT2D eigenvalue weighted by molar-refractivity contribution is 8.00. The van der Waals surface area contributed by atoms with Crippen molar-refractivity contribution in [1.82, 2.24) is 30.4 Å². The predicted molar refractivity (Wildman–Crippen MR) is 91.9 cm³/mol. The summed E-state index contributed by atoms with van der Waals surface area (Å²) in [7, 11) is 0. The Kier molecular flexibility index (Phi) is 5.70. The molecule has 0 aliphatic rings. The highest BCUT2D eigenvalue weighted by Crippen LogP contribution is 2.29. The lowest BCUT2D eigenvalue weighted by molar-refractivity contribution is 0.540. The summed E-state index contributed by atoms with van der Waals surface area (Å²) in [4.78, 5) is 0. The van der Waals surface area contributed by atoms with E-state index in [2.05, 4.69) is 38.0 Å². The van der Waals surface area contributed by atoms with E-state index in [0.29, 0.717) is 16.6 Å². The summed E-state index contributed by atoms with van der Waals surface area (Å²) < 4.78 is 15.8. The Morgan fingerprint density at radius 1 is 1.29 bits per heavy atom. The molecule has 0 amide bonds. The number of aromatic nitrogens is 6. The van der Waals surface area contributed by atoms with Crippen molar-refractivity contribution in [2.75, 3.05) is 5.32 Å². The monoisotopic (exact) mass is 365 g/mol. The van der Waals surface area contributed by atoms with Crippen LogP contribution >= 0.6 is 23.1 Å². The van der Waals surface area contributed by atoms with E-state index in [1.165, 1.54) is 35.2 Å². The maximum absolute atomic E-state index is 13.2. The van der Waals surface area contributed by atoms with Crippen LogP contribution in [0.25, 0.3) is 0 Å². The number of nitrogens with zero attached hydrogens (tertiary/aromatic N) is 6. The number of thioether (sulfide) groups is 1. The van der Waals surface area contributed by atoms with Crippen molar-refractivity contribution in [1.29, 1.82) is 0 Å². The third kappa shape index (κ3) is 4.48. The van der Waals surface area contributed by atoms with E-state index < -0.39 is 0 Å². The lowest BCUT2D eigenvalue weighted by atomic mass is 10.3. The van der Waals surface area contributed by atoms with Crippen LogP contribution in [0.15, 0.2) is 28.6 Å². The number of tetrazole rings is 1. The topological polar surface area (TPSA) is 81.4 Å². The van der Waals surface area contributed by atoms with Gasteiger partial charge in [0, 0.05) is 12.2 Å². The quantitative estimate of drug-likeness (QED) is 0.612. The minimum atomic E-state index is -0.293. The molecule has 10 heteroatoms. The first-order valence-corrected chi connectivity index (χ1v) is 9.28. The van der Waals surface area contributed by atoms with Crippen molar-refractivity contribution in [3.05, 3.63) is 35.9 Å². The second-order valence-corrected chi connectivity index (χ2v) is 7.17. The van der Waals surface area contributed by atoms with Gasteiger partial charge in [0.2, 0.25) is 5.13 Å². The first-order chi connectivity index (χ1) is 11.7. The third-order valence-electron chi connectivity index (χ3n) is 3.14. The molecule has 7 nitrogen and oxygen atoms in total. The van der Waals surface area contributed by atoms with Crippen molar-refractivity contribution in [3.8, 4) is 0 Å². The second-order valence-electron chi connectivity index (χ2n) is 4.97. The molecule has 0 unspecified atom stereocenters. The van der Waals surface area contributed by atoms with Gasteiger partial charge in [0.25, 0.3) is 0 Å². The molecule has 3 rings (SSSR count). The van der Waals surface area contributed by atoms with Crippen molar-refractivity contribution in [2.24, 2.45) is 0 Å². The fourth-order valence-electron chi connectivity index (χ4n) is 1.94. The van der Waals surface area contributed by atoms with Gasteiger partial charge in [-0.1, -0.05) is 42.5 Å². The zero-order chi connectivity index (χ0) is 16.8. The number of anilines is 2. The van der Waals surface area contributed by atoms with Crippen molar-refractivity contribution < 1.29 is 4.39 Å². The number of unbranched alkanes of at least 4 members (excludes halogenated alkanes) is 1. The second kappa shape index (κ2) is 8.15. The number of hydrogen-bond donors (Lipinski definition) is 1. The molecular formula is C14H16FN7S2. The Morgan fingerprint density at radius 3 is 3.04 bits per heavy atom. The largest absolute Gasteiger partial charge is 0.330 e. The molecular weight excluding hydrogens is 349 g/mol. The van der Waals surface area contributed by atoms with Gasteiger partial charge in [0.15, 0.2) is 10.2 Å². The molecule has 24 heavy (non-hydrogen) atoms. The minimum Gasteiger partial charge on any atom is -0.330 e. The molecule has 2 aromatic heterocycles. The Labute approximate surface area is 146 Å². The van der Waals surface area contributed by atoms with Crippen LogP contribution < -0.4 is 5.32 Å². The predicted octanol–water partition coefficient (Wildman–Crippen LogP) is 3.50. The molecule has 0 spiro atoms. The van der Waals surface area contributed by atoms with E-state index in [4.69, 9.17) is 0 Å². The minimum absolute atomic E-state index is 0.293. The molecule has 0 saturated carbocycles. The summed E-state index contributed by atoms with van der Waals surface area (Å²) in [6.07, 6.45) is 2.14. The molecule has 0 aliphatic carbocycles. The fourth-order valence-corrected chi connectivity index (χ4v) is 3.65. The van der Waals surface area contributed by atoms with Crippen LogP contribution in [0, 0.1) is 5.82 Å². The summed E-state index contributed by atoms with van der Waals surface area (Å²) in [5, 5.41) is 23.6. The standard InChI is InChI=1S/C14H16FN7S2/c1-2-3-7-22-12(17-20-21-22)9-23-14-19-18-13(24-14)16-11-6-4-5-10(15)8-11/h4-6,8H,2-3,7,9H2,1H3,(H,16,18). The summed E-state index contributed by atoms with van der Waals surface area (Å²) >= 11 is 2.94. The molecule has 0 saturated heterocycles. The van der Waals surface area contributed by atoms with E-state index in [-0.39, 0.29) is 5.82 Å². The lowest BCUT2D eigenvalue weighted by Crippen LogP contribution is -2.04. The number of rotatable bonds is 8. The smallest absolute Gasteiger partial charge is 0.210 e. The van der Waals surface area contributed by atoms with Gasteiger partial charge < -0.3 is 5.32 Å². The van der Waals surface area contributed by atoms with Gasteiger partial charge in [0.1, 0.15) is 5.82 Å². The summed E-state index contributed by atoms with van der Waals surface area (Å²) in [6.45, 7) is 2.95. The number of benzene rings is 1. The van der Waals surface area contributed by atoms with Crippen LogP contribution in [0.1, 0.15) is 25.6 Å². The van der Waals surface area contributed by atoms with E-state index in [1.54, 1.807) is 12.1 Å². The molecule has 0 atom stereocenters. The van der Waals surface area contributed by atoms with Gasteiger partial charge >= 0.3 is 0 Å². The number of nitrogens with one attached hydrogen (secondary N) is 1. The third-order valence-corrected chi connectivity index (χ3v) is 5.10. The molecule has 1 aromatic carbocycles. The number of aryl methyl sites for hydroxylation is 1. The fraction of sp³-hybridized carbons (Fsp3) is 0.357. The van der Waals surface area contributed by atoms with Crippen LogP contribution in [0.3, 0.4) is 0 Å². The average molecular weight is 365 g/mol. The molecule has 1 N–H and O–H groups in total. The van der Waals surface area contributed by atoms with Gasteiger partial charge in [-0.25, -0.2) is 9.07 Å². The highest BCUT2D eigenvalue weighted by atomic mass is 32.2. The van der Waals surface area contributed by atoms with Gasteiger partial charge in [-0.2, -0.15) is 0 Å². The molecule has 2 heterocycles. The van der Waals surface area contributed by atoms with E-state index in [1.807, 2.05) is 4.68 Å². The molecule has 0 aliphatic heterocycles. The first kappa shape index (κ1) is 16.8. The maximum atomic E-state index is 13.2. The Hall–Kier alpha value is -2.07. The van der Waals surface area contributed by atoms with Crippen LogP contribution in [0.4, 0.5) is 15.2 Å². The zero-order valence-electron chi connectivity index (χ0n) is 13.0. The highest BCUT2D eigenvalue weighted by Gasteiger charge is 2.10. The van der Waals surface area contributed by atoms with E-state index >= 15 is 0 Å². The van der Waals surface area contributed by atoms with Crippen LogP contribution in [-0.2, 0) is 12.3 Å².